The van der Waals surface area contributed by atoms with Gasteiger partial charge in [-0.25, -0.2) is 0 Å². The maximum Gasteiger partial charge on any atom is 0.0699 e. The van der Waals surface area contributed by atoms with E-state index in [0.717, 1.165) is 19.5 Å². The van der Waals surface area contributed by atoms with Crippen molar-refractivity contribution in [1.82, 2.24) is 4.90 Å². The minimum Gasteiger partial charge on any atom is -0.313 e. The van der Waals surface area contributed by atoms with Gasteiger partial charge in [0.15, 0.2) is 0 Å². The van der Waals surface area contributed by atoms with Gasteiger partial charge >= 0.3 is 0 Å². The first-order valence-corrected chi connectivity index (χ1v) is 6.09. The third kappa shape index (κ3) is 3.32. The molecule has 0 amide bonds. The summed E-state index contributed by atoms with van der Waals surface area (Å²) in [5, 5.41) is 0. The first kappa shape index (κ1) is 13.2. The second kappa shape index (κ2) is 5.46. The lowest BCUT2D eigenvalue weighted by atomic mass is 9.99. The third-order valence-corrected chi connectivity index (χ3v) is 3.17. The Kier molecular flexibility index (Phi) is 4.51. The minimum absolute atomic E-state index is 0.251. The van der Waals surface area contributed by atoms with Gasteiger partial charge < -0.3 is 5.73 Å². The SMILES string of the molecule is CCN(CC)C(C)(N)Cc1ccc(C)cc1. The maximum atomic E-state index is 6.38. The van der Waals surface area contributed by atoms with Crippen molar-refractivity contribution in [2.24, 2.45) is 5.73 Å². The Balaban J connectivity index is 2.75. The van der Waals surface area contributed by atoms with E-state index >= 15 is 0 Å². The lowest BCUT2D eigenvalue weighted by Crippen LogP contribution is -2.55. The number of hydrogen-bond donors (Lipinski definition) is 1. The van der Waals surface area contributed by atoms with E-state index in [1.54, 1.807) is 0 Å². The topological polar surface area (TPSA) is 29.3 Å². The van der Waals surface area contributed by atoms with Crippen LogP contribution >= 0.6 is 0 Å². The molecule has 1 unspecified atom stereocenters. The zero-order valence-corrected chi connectivity index (χ0v) is 11.0. The van der Waals surface area contributed by atoms with Crippen molar-refractivity contribution in [2.75, 3.05) is 13.1 Å². The number of rotatable bonds is 5. The molecule has 0 fully saturated rings. The molecule has 0 radical (unpaired) electrons. The van der Waals surface area contributed by atoms with Crippen molar-refractivity contribution in [3.05, 3.63) is 35.4 Å². The van der Waals surface area contributed by atoms with Crippen LogP contribution < -0.4 is 5.73 Å². The molecule has 1 rings (SSSR count). The molecule has 2 heteroatoms. The van der Waals surface area contributed by atoms with Gasteiger partial charge in [-0.15, -0.1) is 0 Å². The van der Waals surface area contributed by atoms with Crippen LogP contribution in [0.1, 0.15) is 31.9 Å². The first-order chi connectivity index (χ1) is 7.49. The molecule has 16 heavy (non-hydrogen) atoms. The monoisotopic (exact) mass is 220 g/mol. The van der Waals surface area contributed by atoms with Crippen molar-refractivity contribution in [3.63, 3.8) is 0 Å². The smallest absolute Gasteiger partial charge is 0.0699 e. The molecule has 1 aromatic rings. The molecule has 0 aliphatic heterocycles. The first-order valence-electron chi connectivity index (χ1n) is 6.09. The molecular formula is C14H24N2. The Hall–Kier alpha value is -0.860. The molecule has 1 aromatic carbocycles. The van der Waals surface area contributed by atoms with Crippen LogP contribution in [0.25, 0.3) is 0 Å². The van der Waals surface area contributed by atoms with E-state index in [-0.39, 0.29) is 5.66 Å². The van der Waals surface area contributed by atoms with Gasteiger partial charge in [0.1, 0.15) is 0 Å². The van der Waals surface area contributed by atoms with E-state index in [1.807, 2.05) is 0 Å². The summed E-state index contributed by atoms with van der Waals surface area (Å²) in [4.78, 5) is 2.30. The van der Waals surface area contributed by atoms with E-state index in [0.29, 0.717) is 0 Å². The Morgan fingerprint density at radius 1 is 1.12 bits per heavy atom. The van der Waals surface area contributed by atoms with Crippen LogP contribution in [0.4, 0.5) is 0 Å². The Labute approximate surface area is 99.5 Å². The highest BCUT2D eigenvalue weighted by Crippen LogP contribution is 2.15. The van der Waals surface area contributed by atoms with Gasteiger partial charge in [-0.1, -0.05) is 43.7 Å². The summed E-state index contributed by atoms with van der Waals surface area (Å²) < 4.78 is 0. The fourth-order valence-corrected chi connectivity index (χ4v) is 2.18. The molecule has 2 nitrogen and oxygen atoms in total. The summed E-state index contributed by atoms with van der Waals surface area (Å²) in [5.74, 6) is 0. The highest BCUT2D eigenvalue weighted by molar-refractivity contribution is 5.22. The molecule has 0 aromatic heterocycles. The molecule has 1 atom stereocenters. The van der Waals surface area contributed by atoms with Gasteiger partial charge in [-0.2, -0.15) is 0 Å². The fourth-order valence-electron chi connectivity index (χ4n) is 2.18. The van der Waals surface area contributed by atoms with E-state index in [9.17, 15) is 0 Å². The normalized spacial score (nSPS) is 15.1. The molecule has 0 saturated carbocycles. The van der Waals surface area contributed by atoms with Crippen molar-refractivity contribution < 1.29 is 0 Å². The van der Waals surface area contributed by atoms with Crippen LogP contribution in [0.5, 0.6) is 0 Å². The fraction of sp³-hybridized carbons (Fsp3) is 0.571. The molecule has 0 spiro atoms. The number of benzene rings is 1. The lowest BCUT2D eigenvalue weighted by molar-refractivity contribution is 0.123. The number of nitrogens with two attached hydrogens (primary N) is 1. The average molecular weight is 220 g/mol. The average Bonchev–Trinajstić information content (AvgIpc) is 2.22. The lowest BCUT2D eigenvalue weighted by Gasteiger charge is -2.37. The van der Waals surface area contributed by atoms with Gasteiger partial charge in [0.2, 0.25) is 0 Å². The predicted molar refractivity (Wildman–Crippen MR) is 70.4 cm³/mol. The summed E-state index contributed by atoms with van der Waals surface area (Å²) in [6.45, 7) is 10.5. The third-order valence-electron chi connectivity index (χ3n) is 3.17. The van der Waals surface area contributed by atoms with E-state index in [4.69, 9.17) is 5.73 Å². The molecule has 0 bridgehead atoms. The molecule has 0 heterocycles. The highest BCUT2D eigenvalue weighted by Gasteiger charge is 2.24. The van der Waals surface area contributed by atoms with Gasteiger partial charge in [0, 0.05) is 6.42 Å². The van der Waals surface area contributed by atoms with Crippen LogP contribution in [0.15, 0.2) is 24.3 Å². The van der Waals surface area contributed by atoms with Gasteiger partial charge in [0.25, 0.3) is 0 Å². The number of hydrogen-bond acceptors (Lipinski definition) is 2. The summed E-state index contributed by atoms with van der Waals surface area (Å²) >= 11 is 0. The summed E-state index contributed by atoms with van der Waals surface area (Å²) in [5.41, 5.74) is 8.73. The molecule has 0 aliphatic rings. The largest absolute Gasteiger partial charge is 0.313 e. The zero-order chi connectivity index (χ0) is 12.2. The van der Waals surface area contributed by atoms with E-state index < -0.39 is 0 Å². The number of nitrogens with zero attached hydrogens (tertiary/aromatic N) is 1. The highest BCUT2D eigenvalue weighted by atomic mass is 15.3. The summed E-state index contributed by atoms with van der Waals surface area (Å²) in [7, 11) is 0. The molecule has 0 aliphatic carbocycles. The molecular weight excluding hydrogens is 196 g/mol. The van der Waals surface area contributed by atoms with Crippen LogP contribution in [0.2, 0.25) is 0 Å². The van der Waals surface area contributed by atoms with E-state index in [1.165, 1.54) is 11.1 Å². The van der Waals surface area contributed by atoms with Crippen molar-refractivity contribution in [3.8, 4) is 0 Å². The summed E-state index contributed by atoms with van der Waals surface area (Å²) in [6, 6.07) is 8.63. The Morgan fingerprint density at radius 3 is 2.06 bits per heavy atom. The molecule has 90 valence electrons. The minimum atomic E-state index is -0.251. The molecule has 2 N–H and O–H groups in total. The van der Waals surface area contributed by atoms with Crippen LogP contribution in [-0.4, -0.2) is 23.7 Å². The van der Waals surface area contributed by atoms with Crippen LogP contribution in [0, 0.1) is 6.92 Å². The van der Waals surface area contributed by atoms with Crippen molar-refractivity contribution in [2.45, 2.75) is 39.8 Å². The van der Waals surface area contributed by atoms with Gasteiger partial charge in [-0.05, 0) is 32.5 Å². The quantitative estimate of drug-likeness (QED) is 0.773. The van der Waals surface area contributed by atoms with Crippen molar-refractivity contribution >= 4 is 0 Å². The maximum absolute atomic E-state index is 6.38. The van der Waals surface area contributed by atoms with E-state index in [2.05, 4.69) is 56.9 Å². The van der Waals surface area contributed by atoms with Crippen LogP contribution in [-0.2, 0) is 6.42 Å². The Morgan fingerprint density at radius 2 is 1.62 bits per heavy atom. The van der Waals surface area contributed by atoms with Crippen molar-refractivity contribution in [1.29, 1.82) is 0 Å². The van der Waals surface area contributed by atoms with Gasteiger partial charge in [0.05, 0.1) is 5.66 Å². The van der Waals surface area contributed by atoms with Crippen LogP contribution in [0.3, 0.4) is 0 Å². The predicted octanol–water partition coefficient (Wildman–Crippen LogP) is 2.55. The van der Waals surface area contributed by atoms with Gasteiger partial charge in [-0.3, -0.25) is 4.90 Å². The summed E-state index contributed by atoms with van der Waals surface area (Å²) in [6.07, 6.45) is 0.898. The standard InChI is InChI=1S/C14H24N2/c1-5-16(6-2)14(4,15)11-13-9-7-12(3)8-10-13/h7-10H,5-6,11,15H2,1-4H3. The number of likely N-dealkylation sites (N-methyl/N-ethyl adjacent to an activating group) is 1. The number of aryl methyl sites for hydroxylation is 1. The Bertz CT molecular complexity index is 310. The zero-order valence-electron chi connectivity index (χ0n) is 11.0. The second-order valence-electron chi connectivity index (χ2n) is 4.69. The molecule has 0 saturated heterocycles. The second-order valence-corrected chi connectivity index (χ2v) is 4.69.